The first-order valence-corrected chi connectivity index (χ1v) is 3.72. The van der Waals surface area contributed by atoms with Gasteiger partial charge in [-0.15, -0.1) is 0 Å². The first-order valence-electron chi connectivity index (χ1n) is 3.72. The second-order valence-electron chi connectivity index (χ2n) is 2.39. The lowest BCUT2D eigenvalue weighted by Gasteiger charge is -2.05. The van der Waals surface area contributed by atoms with Crippen molar-refractivity contribution in [3.8, 4) is 0 Å². The second-order valence-corrected chi connectivity index (χ2v) is 2.39. The molecule has 0 aliphatic rings. The summed E-state index contributed by atoms with van der Waals surface area (Å²) in [6.45, 7) is 4.44. The number of carbonyl (C=O) groups is 1. The van der Waals surface area contributed by atoms with Gasteiger partial charge in [0.15, 0.2) is 0 Å². The predicted octanol–water partition coefficient (Wildman–Crippen LogP) is 1.17. The number of aliphatic hydroxyl groups excluding tert-OH is 1. The molecule has 1 unspecified atom stereocenters. The Kier molecular flexibility index (Phi) is 4.51. The molecule has 0 saturated carbocycles. The van der Waals surface area contributed by atoms with Crippen molar-refractivity contribution >= 4 is 5.97 Å². The van der Waals surface area contributed by atoms with E-state index < -0.39 is 17.9 Å². The molecule has 0 radical (unpaired) electrons. The summed E-state index contributed by atoms with van der Waals surface area (Å²) < 4.78 is 17.3. The van der Waals surface area contributed by atoms with Crippen molar-refractivity contribution in [2.24, 2.45) is 0 Å². The van der Waals surface area contributed by atoms with Gasteiger partial charge in [-0.2, -0.15) is 4.39 Å². The monoisotopic (exact) mass is 176 g/mol. The average molecular weight is 176 g/mol. The van der Waals surface area contributed by atoms with E-state index in [0.717, 1.165) is 0 Å². The van der Waals surface area contributed by atoms with Crippen molar-refractivity contribution in [2.45, 2.75) is 26.9 Å². The van der Waals surface area contributed by atoms with Crippen LogP contribution in [0.25, 0.3) is 0 Å². The van der Waals surface area contributed by atoms with Crippen LogP contribution in [0.15, 0.2) is 11.4 Å². The van der Waals surface area contributed by atoms with Crippen molar-refractivity contribution in [2.75, 3.05) is 6.61 Å². The molecule has 70 valence electrons. The molecular weight excluding hydrogens is 163 g/mol. The molecule has 0 bridgehead atoms. The molecule has 3 nitrogen and oxygen atoms in total. The Morgan fingerprint density at radius 1 is 1.67 bits per heavy atom. The van der Waals surface area contributed by atoms with Gasteiger partial charge in [0.05, 0.1) is 12.7 Å². The molecule has 12 heavy (non-hydrogen) atoms. The summed E-state index contributed by atoms with van der Waals surface area (Å²) in [5.41, 5.74) is -0.00606. The summed E-state index contributed by atoms with van der Waals surface area (Å²) in [6, 6.07) is 0. The standard InChI is InChI=1S/C8H13FO3/c1-4-12-8(11)7(9)5(2)6(3)10/h6,10H,4H2,1-3H3/b7-5-. The summed E-state index contributed by atoms with van der Waals surface area (Å²) in [7, 11) is 0. The molecule has 0 fully saturated rings. The molecule has 0 spiro atoms. The molecule has 1 N–H and O–H groups in total. The minimum atomic E-state index is -1.02. The van der Waals surface area contributed by atoms with Crippen LogP contribution < -0.4 is 0 Å². The minimum Gasteiger partial charge on any atom is -0.461 e. The van der Waals surface area contributed by atoms with Crippen LogP contribution in [0.1, 0.15) is 20.8 Å². The van der Waals surface area contributed by atoms with E-state index >= 15 is 0 Å². The van der Waals surface area contributed by atoms with E-state index in [-0.39, 0.29) is 12.2 Å². The fourth-order valence-corrected chi connectivity index (χ4v) is 0.539. The summed E-state index contributed by atoms with van der Waals surface area (Å²) in [4.78, 5) is 10.7. The van der Waals surface area contributed by atoms with Crippen LogP contribution >= 0.6 is 0 Å². The van der Waals surface area contributed by atoms with Gasteiger partial charge in [-0.1, -0.05) is 0 Å². The van der Waals surface area contributed by atoms with Crippen molar-refractivity contribution in [1.29, 1.82) is 0 Å². The summed E-state index contributed by atoms with van der Waals surface area (Å²) in [5, 5.41) is 8.90. The largest absolute Gasteiger partial charge is 0.461 e. The molecule has 0 saturated heterocycles. The zero-order chi connectivity index (χ0) is 9.72. The molecule has 0 aromatic carbocycles. The zero-order valence-electron chi connectivity index (χ0n) is 7.43. The Hall–Kier alpha value is -0.900. The molecule has 0 amide bonds. The van der Waals surface area contributed by atoms with Crippen LogP contribution in [-0.2, 0) is 9.53 Å². The van der Waals surface area contributed by atoms with Gasteiger partial charge in [-0.25, -0.2) is 4.79 Å². The average Bonchev–Trinajstić information content (AvgIpc) is 2.02. The van der Waals surface area contributed by atoms with E-state index in [9.17, 15) is 9.18 Å². The lowest BCUT2D eigenvalue weighted by Crippen LogP contribution is -2.11. The summed E-state index contributed by atoms with van der Waals surface area (Å²) >= 11 is 0. The van der Waals surface area contributed by atoms with Crippen LogP contribution in [-0.4, -0.2) is 23.8 Å². The van der Waals surface area contributed by atoms with E-state index in [0.29, 0.717) is 0 Å². The first kappa shape index (κ1) is 11.1. The highest BCUT2D eigenvalue weighted by Gasteiger charge is 2.15. The quantitative estimate of drug-likeness (QED) is 0.518. The highest BCUT2D eigenvalue weighted by atomic mass is 19.1. The zero-order valence-corrected chi connectivity index (χ0v) is 7.43. The van der Waals surface area contributed by atoms with E-state index in [4.69, 9.17) is 5.11 Å². The number of carbonyl (C=O) groups excluding carboxylic acids is 1. The van der Waals surface area contributed by atoms with E-state index in [1.54, 1.807) is 6.92 Å². The van der Waals surface area contributed by atoms with Gasteiger partial charge in [-0.3, -0.25) is 0 Å². The molecule has 0 aromatic rings. The number of ether oxygens (including phenoxy) is 1. The van der Waals surface area contributed by atoms with Crippen molar-refractivity contribution < 1.29 is 19.0 Å². The molecule has 4 heteroatoms. The first-order chi connectivity index (χ1) is 5.50. The topological polar surface area (TPSA) is 46.5 Å². The Balaban J connectivity index is 4.43. The molecule has 0 aliphatic heterocycles. The number of hydrogen-bond donors (Lipinski definition) is 1. The summed E-state index contributed by atoms with van der Waals surface area (Å²) in [5.74, 6) is -2.03. The normalized spacial score (nSPS) is 15.1. The molecule has 0 aromatic heterocycles. The van der Waals surface area contributed by atoms with Gasteiger partial charge < -0.3 is 9.84 Å². The van der Waals surface area contributed by atoms with Crippen LogP contribution in [0.4, 0.5) is 4.39 Å². The Morgan fingerprint density at radius 2 is 2.17 bits per heavy atom. The van der Waals surface area contributed by atoms with Gasteiger partial charge in [-0.05, 0) is 26.3 Å². The number of esters is 1. The Labute approximate surface area is 70.8 Å². The molecule has 1 atom stereocenters. The molecular formula is C8H13FO3. The Bertz CT molecular complexity index is 196. The number of rotatable bonds is 3. The third-order valence-corrected chi connectivity index (χ3v) is 1.43. The van der Waals surface area contributed by atoms with Gasteiger partial charge in [0, 0.05) is 0 Å². The van der Waals surface area contributed by atoms with Gasteiger partial charge in [0.1, 0.15) is 0 Å². The second kappa shape index (κ2) is 4.87. The molecule has 0 rings (SSSR count). The van der Waals surface area contributed by atoms with Crippen LogP contribution in [0.3, 0.4) is 0 Å². The lowest BCUT2D eigenvalue weighted by molar-refractivity contribution is -0.140. The maximum Gasteiger partial charge on any atom is 0.367 e. The fraction of sp³-hybridized carbons (Fsp3) is 0.625. The van der Waals surface area contributed by atoms with E-state index in [2.05, 4.69) is 4.74 Å². The van der Waals surface area contributed by atoms with Crippen molar-refractivity contribution in [3.63, 3.8) is 0 Å². The predicted molar refractivity (Wildman–Crippen MR) is 42.1 cm³/mol. The van der Waals surface area contributed by atoms with E-state index in [1.165, 1.54) is 13.8 Å². The van der Waals surface area contributed by atoms with Gasteiger partial charge in [0.25, 0.3) is 0 Å². The van der Waals surface area contributed by atoms with Crippen molar-refractivity contribution in [1.82, 2.24) is 0 Å². The highest BCUT2D eigenvalue weighted by Crippen LogP contribution is 2.11. The fourth-order valence-electron chi connectivity index (χ4n) is 0.539. The van der Waals surface area contributed by atoms with Crippen molar-refractivity contribution in [3.05, 3.63) is 11.4 Å². The Morgan fingerprint density at radius 3 is 2.50 bits per heavy atom. The maximum atomic E-state index is 12.9. The third kappa shape index (κ3) is 3.00. The third-order valence-electron chi connectivity index (χ3n) is 1.43. The number of aliphatic hydroxyl groups is 1. The highest BCUT2D eigenvalue weighted by molar-refractivity contribution is 5.86. The lowest BCUT2D eigenvalue weighted by atomic mass is 10.2. The smallest absolute Gasteiger partial charge is 0.367 e. The van der Waals surface area contributed by atoms with Gasteiger partial charge >= 0.3 is 5.97 Å². The molecule has 0 heterocycles. The SMILES string of the molecule is CCOC(=O)/C(F)=C(\C)C(C)O. The van der Waals surface area contributed by atoms with Crippen LogP contribution in [0, 0.1) is 0 Å². The van der Waals surface area contributed by atoms with Gasteiger partial charge in [0.2, 0.25) is 5.83 Å². The minimum absolute atomic E-state index is 0.00606. The van der Waals surface area contributed by atoms with Crippen LogP contribution in [0.5, 0.6) is 0 Å². The number of halogens is 1. The van der Waals surface area contributed by atoms with Crippen LogP contribution in [0.2, 0.25) is 0 Å². The number of hydrogen-bond acceptors (Lipinski definition) is 3. The molecule has 0 aliphatic carbocycles. The summed E-state index contributed by atoms with van der Waals surface area (Å²) in [6.07, 6.45) is -0.964. The maximum absolute atomic E-state index is 12.9. The van der Waals surface area contributed by atoms with E-state index in [1.807, 2.05) is 0 Å².